The molecule has 0 unspecified atom stereocenters. The summed E-state index contributed by atoms with van der Waals surface area (Å²) in [4.78, 5) is 1.37. The average Bonchev–Trinajstić information content (AvgIpc) is 2.73. The van der Waals surface area contributed by atoms with Crippen molar-refractivity contribution in [3.63, 3.8) is 0 Å². The summed E-state index contributed by atoms with van der Waals surface area (Å²) in [6.45, 7) is 2.20. The van der Waals surface area contributed by atoms with Gasteiger partial charge in [-0.25, -0.2) is 0 Å². The first-order valence-electron chi connectivity index (χ1n) is 4.54. The standard InChI is InChI=1S/C11H11BrS2/c1-2-8(5-12)3-10-4-9-6-13-7-11(9)14-10/h3-4,6-7H,2,5H2,1H3/b8-3-. The van der Waals surface area contributed by atoms with Crippen molar-refractivity contribution in [3.8, 4) is 0 Å². The number of hydrogen-bond donors (Lipinski definition) is 0. The van der Waals surface area contributed by atoms with E-state index in [0.29, 0.717) is 0 Å². The lowest BCUT2D eigenvalue weighted by Crippen LogP contribution is -1.79. The molecule has 2 rings (SSSR count). The molecular formula is C11H11BrS2. The molecule has 0 bridgehead atoms. The number of thiophene rings is 2. The maximum Gasteiger partial charge on any atom is 0.0456 e. The highest BCUT2D eigenvalue weighted by Gasteiger charge is 2.00. The van der Waals surface area contributed by atoms with Crippen molar-refractivity contribution in [1.82, 2.24) is 0 Å². The highest BCUT2D eigenvalue weighted by atomic mass is 79.9. The van der Waals surface area contributed by atoms with Crippen molar-refractivity contribution < 1.29 is 0 Å². The second-order valence-corrected chi connectivity index (χ2v) is 5.55. The van der Waals surface area contributed by atoms with Crippen LogP contribution in [0.3, 0.4) is 0 Å². The third kappa shape index (κ3) is 2.10. The third-order valence-corrected chi connectivity index (χ3v) is 4.83. The van der Waals surface area contributed by atoms with E-state index < -0.39 is 0 Å². The van der Waals surface area contributed by atoms with Crippen LogP contribution in [0.5, 0.6) is 0 Å². The lowest BCUT2D eigenvalue weighted by molar-refractivity contribution is 1.13. The van der Waals surface area contributed by atoms with E-state index in [1.165, 1.54) is 20.5 Å². The minimum Gasteiger partial charge on any atom is -0.150 e. The van der Waals surface area contributed by atoms with Gasteiger partial charge in [0.15, 0.2) is 0 Å². The van der Waals surface area contributed by atoms with Crippen LogP contribution in [0.25, 0.3) is 16.2 Å². The topological polar surface area (TPSA) is 0 Å². The molecular weight excluding hydrogens is 276 g/mol. The first-order chi connectivity index (χ1) is 6.83. The SMILES string of the molecule is CC/C(=C/c1cc2cscc2s1)CBr. The van der Waals surface area contributed by atoms with Gasteiger partial charge < -0.3 is 0 Å². The molecule has 0 amide bonds. The number of hydrogen-bond acceptors (Lipinski definition) is 2. The van der Waals surface area contributed by atoms with Gasteiger partial charge in [-0.2, -0.15) is 11.3 Å². The molecule has 0 spiro atoms. The molecule has 0 fully saturated rings. The Hall–Kier alpha value is -0.120. The number of fused-ring (bicyclic) bond motifs is 1. The Morgan fingerprint density at radius 3 is 3.00 bits per heavy atom. The Morgan fingerprint density at radius 1 is 1.50 bits per heavy atom. The smallest absolute Gasteiger partial charge is 0.0456 e. The van der Waals surface area contributed by atoms with Gasteiger partial charge in [-0.1, -0.05) is 28.4 Å². The predicted molar refractivity (Wildman–Crippen MR) is 71.8 cm³/mol. The van der Waals surface area contributed by atoms with Crippen molar-refractivity contribution in [3.05, 3.63) is 27.3 Å². The second kappa shape index (κ2) is 4.60. The van der Waals surface area contributed by atoms with Crippen LogP contribution in [-0.4, -0.2) is 5.33 Å². The Kier molecular flexibility index (Phi) is 3.42. The van der Waals surface area contributed by atoms with Crippen molar-refractivity contribution in [1.29, 1.82) is 0 Å². The zero-order valence-electron chi connectivity index (χ0n) is 7.92. The van der Waals surface area contributed by atoms with Gasteiger partial charge in [0.2, 0.25) is 0 Å². The van der Waals surface area contributed by atoms with Crippen molar-refractivity contribution in [2.24, 2.45) is 0 Å². The number of rotatable bonds is 3. The molecule has 0 atom stereocenters. The summed E-state index contributed by atoms with van der Waals surface area (Å²) in [5.74, 6) is 0. The number of halogens is 1. The molecule has 14 heavy (non-hydrogen) atoms. The molecule has 74 valence electrons. The highest BCUT2D eigenvalue weighted by molar-refractivity contribution is 9.09. The molecule has 2 aromatic heterocycles. The fourth-order valence-corrected chi connectivity index (χ4v) is 3.86. The molecule has 0 saturated carbocycles. The summed E-state index contributed by atoms with van der Waals surface area (Å²) in [7, 11) is 0. The summed E-state index contributed by atoms with van der Waals surface area (Å²) in [5, 5.41) is 6.80. The van der Waals surface area contributed by atoms with E-state index in [1.807, 2.05) is 11.3 Å². The van der Waals surface area contributed by atoms with Gasteiger partial charge in [0.25, 0.3) is 0 Å². The van der Waals surface area contributed by atoms with Crippen molar-refractivity contribution >= 4 is 54.8 Å². The van der Waals surface area contributed by atoms with Gasteiger partial charge in [-0.05, 0) is 23.9 Å². The summed E-state index contributed by atoms with van der Waals surface area (Å²) < 4.78 is 1.41. The minimum atomic E-state index is 0.980. The van der Waals surface area contributed by atoms with E-state index in [2.05, 4.69) is 45.8 Å². The monoisotopic (exact) mass is 286 g/mol. The molecule has 0 radical (unpaired) electrons. The largest absolute Gasteiger partial charge is 0.150 e. The quantitative estimate of drug-likeness (QED) is 0.685. The Labute approximate surface area is 100 Å². The van der Waals surface area contributed by atoms with Crippen LogP contribution in [0.1, 0.15) is 18.2 Å². The lowest BCUT2D eigenvalue weighted by atomic mass is 10.2. The van der Waals surface area contributed by atoms with Crippen LogP contribution in [0.2, 0.25) is 0 Å². The molecule has 0 aromatic carbocycles. The lowest BCUT2D eigenvalue weighted by Gasteiger charge is -1.95. The van der Waals surface area contributed by atoms with Crippen LogP contribution >= 0.6 is 38.6 Å². The van der Waals surface area contributed by atoms with E-state index in [9.17, 15) is 0 Å². The van der Waals surface area contributed by atoms with Gasteiger partial charge in [0.1, 0.15) is 0 Å². The molecule has 0 N–H and O–H groups in total. The molecule has 2 heterocycles. The van der Waals surface area contributed by atoms with Crippen LogP contribution < -0.4 is 0 Å². The zero-order chi connectivity index (χ0) is 9.97. The first kappa shape index (κ1) is 10.4. The minimum absolute atomic E-state index is 0.980. The first-order valence-corrected chi connectivity index (χ1v) is 7.42. The van der Waals surface area contributed by atoms with Crippen molar-refractivity contribution in [2.75, 3.05) is 5.33 Å². The van der Waals surface area contributed by atoms with E-state index in [0.717, 1.165) is 11.8 Å². The maximum absolute atomic E-state index is 3.51. The zero-order valence-corrected chi connectivity index (χ0v) is 11.1. The van der Waals surface area contributed by atoms with Crippen molar-refractivity contribution in [2.45, 2.75) is 13.3 Å². The van der Waals surface area contributed by atoms with Crippen LogP contribution in [-0.2, 0) is 0 Å². The summed E-state index contributed by atoms with van der Waals surface area (Å²) >= 11 is 7.16. The third-order valence-electron chi connectivity index (χ3n) is 2.15. The fraction of sp³-hybridized carbons (Fsp3) is 0.273. The average molecular weight is 287 g/mol. The fourth-order valence-electron chi connectivity index (χ4n) is 1.30. The van der Waals surface area contributed by atoms with E-state index in [4.69, 9.17) is 0 Å². The molecule has 0 nitrogen and oxygen atoms in total. The summed E-state index contributed by atoms with van der Waals surface area (Å²) in [5.41, 5.74) is 1.46. The maximum atomic E-state index is 3.51. The molecule has 0 aliphatic heterocycles. The number of alkyl halides is 1. The Morgan fingerprint density at radius 2 is 2.36 bits per heavy atom. The molecule has 0 aliphatic rings. The molecule has 2 aromatic rings. The molecule has 0 saturated heterocycles. The summed E-state index contributed by atoms with van der Waals surface area (Å²) in [6.07, 6.45) is 3.42. The van der Waals surface area contributed by atoms with Gasteiger partial charge >= 0.3 is 0 Å². The molecule has 0 aliphatic carbocycles. The normalized spacial score (nSPS) is 12.6. The second-order valence-electron chi connectivity index (χ2n) is 3.13. The predicted octanol–water partition coefficient (Wildman–Crippen LogP) is 5.15. The Balaban J connectivity index is 2.35. The molecule has 3 heteroatoms. The van der Waals surface area contributed by atoms with Crippen LogP contribution in [0.4, 0.5) is 0 Å². The summed E-state index contributed by atoms with van der Waals surface area (Å²) in [6, 6.07) is 2.27. The van der Waals surface area contributed by atoms with Crippen LogP contribution in [0, 0.1) is 0 Å². The van der Waals surface area contributed by atoms with Gasteiger partial charge in [0.05, 0.1) is 0 Å². The van der Waals surface area contributed by atoms with E-state index in [-0.39, 0.29) is 0 Å². The van der Waals surface area contributed by atoms with Gasteiger partial charge in [-0.3, -0.25) is 0 Å². The van der Waals surface area contributed by atoms with E-state index >= 15 is 0 Å². The Bertz CT molecular complexity index is 416. The van der Waals surface area contributed by atoms with Crippen LogP contribution in [0.15, 0.2) is 22.4 Å². The number of allylic oxidation sites excluding steroid dienone is 1. The van der Waals surface area contributed by atoms with Gasteiger partial charge in [0, 0.05) is 25.7 Å². The van der Waals surface area contributed by atoms with E-state index in [1.54, 1.807) is 11.3 Å². The van der Waals surface area contributed by atoms with Gasteiger partial charge in [-0.15, -0.1) is 11.3 Å². The highest BCUT2D eigenvalue weighted by Crippen LogP contribution is 2.30.